The van der Waals surface area contributed by atoms with Gasteiger partial charge in [0.15, 0.2) is 0 Å². The van der Waals surface area contributed by atoms with E-state index in [1.807, 2.05) is 134 Å². The van der Waals surface area contributed by atoms with Crippen molar-refractivity contribution in [1.82, 2.24) is 9.91 Å². The smallest absolute Gasteiger partial charge is 0.260 e. The molecule has 5 aromatic carbocycles. The molecule has 258 valence electrons. The number of fused-ring (bicyclic) bond motifs is 5. The van der Waals surface area contributed by atoms with Crippen molar-refractivity contribution in [2.45, 2.75) is 37.6 Å². The number of aromatic hydroxyl groups is 1. The summed E-state index contributed by atoms with van der Waals surface area (Å²) in [5, 5.41) is 14.8. The standard InChI is InChI=1S/C44H37N3O5/c1-26-16-19-30(20-17-26)45-47-41(50)36-24-35-32(22-23-33-37(35)42(51)46(40(33)49)25-27-10-4-2-5-11-27)38(44(36,43(47)52)29-13-6-3-7-14-29)34-21-18-28-12-8-9-15-31(28)39(34)48/h2-22,33,35-38,45,48H,23-25H2,1H3. The molecule has 0 spiro atoms. The Morgan fingerprint density at radius 2 is 1.44 bits per heavy atom. The van der Waals surface area contributed by atoms with Crippen LogP contribution in [0.4, 0.5) is 5.69 Å². The zero-order valence-corrected chi connectivity index (χ0v) is 28.6. The van der Waals surface area contributed by atoms with Crippen molar-refractivity contribution >= 4 is 40.1 Å². The van der Waals surface area contributed by atoms with E-state index in [2.05, 4.69) is 5.43 Å². The Bertz CT molecular complexity index is 2300. The number of phenols is 1. The predicted molar refractivity (Wildman–Crippen MR) is 196 cm³/mol. The first kappa shape index (κ1) is 31.9. The van der Waals surface area contributed by atoms with Crippen molar-refractivity contribution in [3.05, 3.63) is 155 Å². The molecule has 4 aliphatic rings. The molecule has 4 amide bonds. The van der Waals surface area contributed by atoms with Crippen LogP contribution in [-0.4, -0.2) is 38.6 Å². The number of amides is 4. The number of hydrogen-bond acceptors (Lipinski definition) is 6. The van der Waals surface area contributed by atoms with E-state index in [4.69, 9.17) is 0 Å². The number of likely N-dealkylation sites (tertiary alicyclic amines) is 1. The highest BCUT2D eigenvalue weighted by molar-refractivity contribution is 6.13. The van der Waals surface area contributed by atoms with Gasteiger partial charge < -0.3 is 5.11 Å². The van der Waals surface area contributed by atoms with Gasteiger partial charge in [0, 0.05) is 16.9 Å². The molecule has 8 nitrogen and oxygen atoms in total. The van der Waals surface area contributed by atoms with Gasteiger partial charge in [-0.05, 0) is 54.3 Å². The highest BCUT2D eigenvalue weighted by Gasteiger charge is 2.70. The Kier molecular flexibility index (Phi) is 7.40. The maximum atomic E-state index is 15.4. The molecule has 0 aromatic heterocycles. The summed E-state index contributed by atoms with van der Waals surface area (Å²) in [5.41, 5.74) is 6.14. The second kappa shape index (κ2) is 12.0. The average Bonchev–Trinajstić information content (AvgIpc) is 3.54. The third-order valence-corrected chi connectivity index (χ3v) is 11.9. The van der Waals surface area contributed by atoms with Crippen LogP contribution in [0.25, 0.3) is 10.8 Å². The molecule has 2 heterocycles. The van der Waals surface area contributed by atoms with Crippen molar-refractivity contribution < 1.29 is 24.3 Å². The second-order valence-electron chi connectivity index (χ2n) is 14.6. The molecule has 1 saturated carbocycles. The SMILES string of the molecule is Cc1ccc(NN2C(=O)C3CC4C(=CCC5C(=O)N(Cc6ccccc6)C(=O)C54)C(c4ccc5ccccc5c4O)C3(c3ccccc3)C2=O)cc1. The zero-order chi connectivity index (χ0) is 35.7. The Morgan fingerprint density at radius 1 is 0.750 bits per heavy atom. The van der Waals surface area contributed by atoms with Crippen molar-refractivity contribution in [1.29, 1.82) is 0 Å². The van der Waals surface area contributed by atoms with Crippen LogP contribution in [0.3, 0.4) is 0 Å². The monoisotopic (exact) mass is 687 g/mol. The lowest BCUT2D eigenvalue weighted by molar-refractivity contribution is -0.142. The van der Waals surface area contributed by atoms with E-state index in [1.54, 1.807) is 0 Å². The lowest BCUT2D eigenvalue weighted by Gasteiger charge is -2.50. The molecule has 52 heavy (non-hydrogen) atoms. The minimum atomic E-state index is -1.46. The second-order valence-corrected chi connectivity index (χ2v) is 14.6. The molecule has 2 aliphatic carbocycles. The molecule has 6 atom stereocenters. The van der Waals surface area contributed by atoms with Crippen molar-refractivity contribution in [2.75, 3.05) is 5.43 Å². The number of benzene rings is 5. The summed E-state index contributed by atoms with van der Waals surface area (Å²) >= 11 is 0. The number of phenolic OH excluding ortho intramolecular Hbond substituents is 1. The van der Waals surface area contributed by atoms with E-state index in [9.17, 15) is 19.5 Å². The number of nitrogens with zero attached hydrogens (tertiary/aromatic N) is 2. The van der Waals surface area contributed by atoms with E-state index >= 15 is 4.79 Å². The molecule has 2 aliphatic heterocycles. The molecular formula is C44H37N3O5. The minimum absolute atomic E-state index is 0.0329. The maximum Gasteiger partial charge on any atom is 0.260 e. The minimum Gasteiger partial charge on any atom is -0.507 e. The first-order chi connectivity index (χ1) is 25.3. The van der Waals surface area contributed by atoms with Gasteiger partial charge in [0.2, 0.25) is 11.8 Å². The molecule has 5 aromatic rings. The van der Waals surface area contributed by atoms with Gasteiger partial charge >= 0.3 is 0 Å². The topological polar surface area (TPSA) is 107 Å². The van der Waals surface area contributed by atoms with Gasteiger partial charge in [-0.15, -0.1) is 0 Å². The van der Waals surface area contributed by atoms with Crippen molar-refractivity contribution in [3.63, 3.8) is 0 Å². The van der Waals surface area contributed by atoms with Crippen LogP contribution in [0, 0.1) is 30.6 Å². The van der Waals surface area contributed by atoms with Gasteiger partial charge in [-0.1, -0.05) is 126 Å². The molecule has 0 bridgehead atoms. The Hall–Kier alpha value is -6.02. The van der Waals surface area contributed by atoms with Gasteiger partial charge in [-0.3, -0.25) is 29.5 Å². The number of nitrogens with one attached hydrogen (secondary N) is 1. The van der Waals surface area contributed by atoms with Gasteiger partial charge in [0.05, 0.1) is 35.4 Å². The highest BCUT2D eigenvalue weighted by Crippen LogP contribution is 2.65. The van der Waals surface area contributed by atoms with Gasteiger partial charge in [-0.2, -0.15) is 5.01 Å². The van der Waals surface area contributed by atoms with E-state index in [0.717, 1.165) is 27.1 Å². The number of imide groups is 2. The number of carbonyl (C=O) groups excluding carboxylic acids is 4. The van der Waals surface area contributed by atoms with Crippen LogP contribution in [0.1, 0.15) is 41.0 Å². The Morgan fingerprint density at radius 3 is 2.19 bits per heavy atom. The molecular weight excluding hydrogens is 651 g/mol. The van der Waals surface area contributed by atoms with Crippen molar-refractivity contribution in [3.8, 4) is 5.75 Å². The Balaban J connectivity index is 1.24. The van der Waals surface area contributed by atoms with E-state index in [-0.39, 0.29) is 30.5 Å². The molecule has 9 rings (SSSR count). The number of hydrogen-bond donors (Lipinski definition) is 2. The van der Waals surface area contributed by atoms with Crippen LogP contribution in [0.15, 0.2) is 133 Å². The lowest BCUT2D eigenvalue weighted by Crippen LogP contribution is -2.53. The third-order valence-electron chi connectivity index (χ3n) is 11.9. The fourth-order valence-corrected chi connectivity index (χ4v) is 9.58. The van der Waals surface area contributed by atoms with Crippen LogP contribution >= 0.6 is 0 Å². The number of carbonyl (C=O) groups is 4. The largest absolute Gasteiger partial charge is 0.507 e. The van der Waals surface area contributed by atoms with Crippen LogP contribution in [0.5, 0.6) is 5.75 Å². The molecule has 6 unspecified atom stereocenters. The summed E-state index contributed by atoms with van der Waals surface area (Å²) in [6.07, 6.45) is 2.54. The fraction of sp³-hybridized carbons (Fsp3) is 0.227. The summed E-state index contributed by atoms with van der Waals surface area (Å²) in [6, 6.07) is 37.6. The first-order valence-corrected chi connectivity index (χ1v) is 17.9. The quantitative estimate of drug-likeness (QED) is 0.147. The highest BCUT2D eigenvalue weighted by atomic mass is 16.3. The molecule has 2 N–H and O–H groups in total. The number of anilines is 1. The molecule has 8 heteroatoms. The number of rotatable bonds is 6. The van der Waals surface area contributed by atoms with E-state index in [1.165, 1.54) is 4.90 Å². The first-order valence-electron chi connectivity index (χ1n) is 17.9. The molecule has 3 fully saturated rings. The van der Waals surface area contributed by atoms with Gasteiger partial charge in [0.25, 0.3) is 11.8 Å². The van der Waals surface area contributed by atoms with Crippen LogP contribution < -0.4 is 5.43 Å². The summed E-state index contributed by atoms with van der Waals surface area (Å²) in [4.78, 5) is 60.1. The summed E-state index contributed by atoms with van der Waals surface area (Å²) in [6.45, 7) is 2.14. The number of aryl methyl sites for hydroxylation is 1. The third kappa shape index (κ3) is 4.59. The molecule has 0 radical (unpaired) electrons. The van der Waals surface area contributed by atoms with E-state index in [0.29, 0.717) is 28.6 Å². The lowest BCUT2D eigenvalue weighted by atomic mass is 9.49. The maximum absolute atomic E-state index is 15.4. The van der Waals surface area contributed by atoms with Gasteiger partial charge in [0.1, 0.15) is 5.75 Å². The summed E-state index contributed by atoms with van der Waals surface area (Å²) in [5.74, 6) is -4.75. The number of allylic oxidation sites excluding steroid dienone is 2. The summed E-state index contributed by atoms with van der Waals surface area (Å²) in [7, 11) is 0. The van der Waals surface area contributed by atoms with E-state index < -0.39 is 46.8 Å². The average molecular weight is 688 g/mol. The summed E-state index contributed by atoms with van der Waals surface area (Å²) < 4.78 is 0. The van der Waals surface area contributed by atoms with Gasteiger partial charge in [-0.25, -0.2) is 0 Å². The van der Waals surface area contributed by atoms with Crippen LogP contribution in [-0.2, 0) is 31.1 Å². The van der Waals surface area contributed by atoms with Crippen LogP contribution in [0.2, 0.25) is 0 Å². The molecule has 2 saturated heterocycles. The predicted octanol–water partition coefficient (Wildman–Crippen LogP) is 7.04. The fourth-order valence-electron chi connectivity index (χ4n) is 9.58. The normalized spacial score (nSPS) is 26.6. The Labute approximate surface area is 301 Å². The van der Waals surface area contributed by atoms with Crippen molar-refractivity contribution in [2.24, 2.45) is 23.7 Å². The zero-order valence-electron chi connectivity index (χ0n) is 28.6. The number of hydrazine groups is 1.